The SMILES string of the molecule is O=[N+]([O-])c1ccc(-c2c(-c3ccccc3)nc3sccn23)cc1. The molecule has 0 bridgehead atoms. The van der Waals surface area contributed by atoms with Crippen molar-refractivity contribution in [2.24, 2.45) is 0 Å². The van der Waals surface area contributed by atoms with Crippen LogP contribution >= 0.6 is 11.3 Å². The molecule has 0 saturated heterocycles. The first-order chi connectivity index (χ1) is 11.2. The van der Waals surface area contributed by atoms with Crippen molar-refractivity contribution in [2.45, 2.75) is 0 Å². The second kappa shape index (κ2) is 5.33. The van der Waals surface area contributed by atoms with Crippen molar-refractivity contribution in [1.82, 2.24) is 9.38 Å². The van der Waals surface area contributed by atoms with Crippen molar-refractivity contribution in [1.29, 1.82) is 0 Å². The van der Waals surface area contributed by atoms with Crippen molar-refractivity contribution in [3.63, 3.8) is 0 Å². The highest BCUT2D eigenvalue weighted by molar-refractivity contribution is 7.15. The van der Waals surface area contributed by atoms with Gasteiger partial charge in [-0.2, -0.15) is 0 Å². The molecular weight excluding hydrogens is 310 g/mol. The molecule has 0 saturated carbocycles. The largest absolute Gasteiger partial charge is 0.290 e. The van der Waals surface area contributed by atoms with Crippen molar-refractivity contribution in [3.8, 4) is 22.5 Å². The number of hydrogen-bond acceptors (Lipinski definition) is 4. The number of rotatable bonds is 3. The van der Waals surface area contributed by atoms with Gasteiger partial charge in [0.1, 0.15) is 0 Å². The van der Waals surface area contributed by atoms with E-state index in [1.165, 1.54) is 12.1 Å². The van der Waals surface area contributed by atoms with Crippen molar-refractivity contribution in [2.75, 3.05) is 0 Å². The van der Waals surface area contributed by atoms with Crippen LogP contribution in [0.3, 0.4) is 0 Å². The highest BCUT2D eigenvalue weighted by Crippen LogP contribution is 2.34. The average Bonchev–Trinajstić information content (AvgIpc) is 3.16. The number of thiazole rings is 1. The highest BCUT2D eigenvalue weighted by atomic mass is 32.1. The van der Waals surface area contributed by atoms with Crippen molar-refractivity contribution in [3.05, 3.63) is 76.3 Å². The number of hydrogen-bond donors (Lipinski definition) is 0. The summed E-state index contributed by atoms with van der Waals surface area (Å²) in [6.45, 7) is 0. The summed E-state index contributed by atoms with van der Waals surface area (Å²) in [5.74, 6) is 0. The lowest BCUT2D eigenvalue weighted by atomic mass is 10.0. The van der Waals surface area contributed by atoms with Gasteiger partial charge in [-0.1, -0.05) is 30.3 Å². The molecule has 0 amide bonds. The van der Waals surface area contributed by atoms with Gasteiger partial charge in [0.05, 0.1) is 16.3 Å². The van der Waals surface area contributed by atoms with E-state index in [0.29, 0.717) is 0 Å². The van der Waals surface area contributed by atoms with E-state index in [2.05, 4.69) is 0 Å². The molecule has 4 rings (SSSR count). The molecule has 0 atom stereocenters. The predicted octanol–water partition coefficient (Wildman–Crippen LogP) is 4.64. The molecule has 6 heteroatoms. The first-order valence-corrected chi connectivity index (χ1v) is 7.88. The molecule has 2 heterocycles. The van der Waals surface area contributed by atoms with Gasteiger partial charge in [-0.15, -0.1) is 11.3 Å². The lowest BCUT2D eigenvalue weighted by Crippen LogP contribution is -1.90. The molecule has 4 aromatic rings. The van der Waals surface area contributed by atoms with E-state index in [-0.39, 0.29) is 5.69 Å². The Labute approximate surface area is 135 Å². The maximum Gasteiger partial charge on any atom is 0.269 e. The molecule has 0 radical (unpaired) electrons. The summed E-state index contributed by atoms with van der Waals surface area (Å²) in [7, 11) is 0. The van der Waals surface area contributed by atoms with Gasteiger partial charge in [-0.05, 0) is 12.1 Å². The van der Waals surface area contributed by atoms with Crippen LogP contribution in [0, 0.1) is 10.1 Å². The van der Waals surface area contributed by atoms with Gasteiger partial charge in [0.25, 0.3) is 5.69 Å². The van der Waals surface area contributed by atoms with Crippen LogP contribution in [0.1, 0.15) is 0 Å². The minimum atomic E-state index is -0.390. The molecule has 0 spiro atoms. The van der Waals surface area contributed by atoms with Gasteiger partial charge in [-0.3, -0.25) is 14.5 Å². The zero-order valence-electron chi connectivity index (χ0n) is 11.9. The Hall–Kier alpha value is -2.99. The second-order valence-corrected chi connectivity index (χ2v) is 5.91. The van der Waals surface area contributed by atoms with E-state index in [9.17, 15) is 10.1 Å². The molecule has 0 N–H and O–H groups in total. The van der Waals surface area contributed by atoms with Crippen LogP contribution in [0.15, 0.2) is 66.2 Å². The summed E-state index contributed by atoms with van der Waals surface area (Å²) in [6.07, 6.45) is 1.97. The zero-order valence-corrected chi connectivity index (χ0v) is 12.7. The number of benzene rings is 2. The third-order valence-corrected chi connectivity index (χ3v) is 4.42. The Bertz CT molecular complexity index is 988. The van der Waals surface area contributed by atoms with E-state index >= 15 is 0 Å². The summed E-state index contributed by atoms with van der Waals surface area (Å²) in [6, 6.07) is 16.5. The molecule has 112 valence electrons. The number of nitrogens with zero attached hydrogens (tertiary/aromatic N) is 3. The lowest BCUT2D eigenvalue weighted by molar-refractivity contribution is -0.384. The van der Waals surface area contributed by atoms with Crippen LogP contribution in [0.4, 0.5) is 5.69 Å². The zero-order chi connectivity index (χ0) is 15.8. The van der Waals surface area contributed by atoms with E-state index in [0.717, 1.165) is 27.5 Å². The lowest BCUT2D eigenvalue weighted by Gasteiger charge is -2.05. The summed E-state index contributed by atoms with van der Waals surface area (Å²) in [4.78, 5) is 16.1. The number of imidazole rings is 1. The molecular formula is C17H11N3O2S. The topological polar surface area (TPSA) is 60.4 Å². The number of fused-ring (bicyclic) bond motifs is 1. The fraction of sp³-hybridized carbons (Fsp3) is 0. The predicted molar refractivity (Wildman–Crippen MR) is 90.6 cm³/mol. The molecule has 2 aromatic heterocycles. The van der Waals surface area contributed by atoms with Gasteiger partial charge in [-0.25, -0.2) is 4.98 Å². The second-order valence-electron chi connectivity index (χ2n) is 5.03. The third kappa shape index (κ3) is 2.29. The monoisotopic (exact) mass is 321 g/mol. The Morgan fingerprint density at radius 3 is 2.43 bits per heavy atom. The number of non-ortho nitro benzene ring substituents is 1. The molecule has 5 nitrogen and oxygen atoms in total. The highest BCUT2D eigenvalue weighted by Gasteiger charge is 2.17. The Morgan fingerprint density at radius 2 is 1.74 bits per heavy atom. The summed E-state index contributed by atoms with van der Waals surface area (Å²) in [5.41, 5.74) is 3.84. The Morgan fingerprint density at radius 1 is 1.00 bits per heavy atom. The smallest absolute Gasteiger partial charge is 0.269 e. The third-order valence-electron chi connectivity index (χ3n) is 3.66. The minimum Gasteiger partial charge on any atom is -0.290 e. The maximum absolute atomic E-state index is 10.8. The first kappa shape index (κ1) is 13.7. The van der Waals surface area contributed by atoms with Gasteiger partial charge < -0.3 is 0 Å². The Balaban J connectivity index is 1.94. The molecule has 0 fully saturated rings. The standard InChI is InChI=1S/C17H11N3O2S/c21-20(22)14-8-6-13(7-9-14)16-15(12-4-2-1-3-5-12)18-17-19(16)10-11-23-17/h1-11H. The molecule has 23 heavy (non-hydrogen) atoms. The van der Waals surface area contributed by atoms with Crippen LogP contribution in [0.2, 0.25) is 0 Å². The molecule has 2 aromatic carbocycles. The van der Waals surface area contributed by atoms with Crippen LogP contribution in [-0.4, -0.2) is 14.3 Å². The molecule has 0 aliphatic heterocycles. The van der Waals surface area contributed by atoms with Gasteiger partial charge in [0.2, 0.25) is 0 Å². The first-order valence-electron chi connectivity index (χ1n) is 7.00. The number of nitro groups is 1. The van der Waals surface area contributed by atoms with Crippen molar-refractivity contribution >= 4 is 22.0 Å². The fourth-order valence-corrected chi connectivity index (χ4v) is 3.31. The van der Waals surface area contributed by atoms with Gasteiger partial charge in [0.15, 0.2) is 4.96 Å². The normalized spacial score (nSPS) is 11.0. The van der Waals surface area contributed by atoms with Gasteiger partial charge >= 0.3 is 0 Å². The molecule has 0 aliphatic rings. The summed E-state index contributed by atoms with van der Waals surface area (Å²) >= 11 is 1.56. The van der Waals surface area contributed by atoms with Crippen LogP contribution < -0.4 is 0 Å². The average molecular weight is 321 g/mol. The van der Waals surface area contributed by atoms with E-state index < -0.39 is 4.92 Å². The van der Waals surface area contributed by atoms with E-state index in [1.807, 2.05) is 46.3 Å². The summed E-state index contributed by atoms with van der Waals surface area (Å²) < 4.78 is 2.02. The maximum atomic E-state index is 10.8. The van der Waals surface area contributed by atoms with E-state index in [1.54, 1.807) is 23.5 Å². The minimum absolute atomic E-state index is 0.0843. The van der Waals surface area contributed by atoms with Crippen LogP contribution in [-0.2, 0) is 0 Å². The van der Waals surface area contributed by atoms with Gasteiger partial charge in [0, 0.05) is 34.8 Å². The fourth-order valence-electron chi connectivity index (χ4n) is 2.60. The van der Waals surface area contributed by atoms with Crippen LogP contribution in [0.25, 0.3) is 27.5 Å². The van der Waals surface area contributed by atoms with Crippen LogP contribution in [0.5, 0.6) is 0 Å². The van der Waals surface area contributed by atoms with Crippen molar-refractivity contribution < 1.29 is 4.92 Å². The number of nitro benzene ring substituents is 1. The van der Waals surface area contributed by atoms with E-state index in [4.69, 9.17) is 4.98 Å². The molecule has 0 aliphatic carbocycles. The molecule has 0 unspecified atom stereocenters. The summed E-state index contributed by atoms with van der Waals surface area (Å²) in [5, 5.41) is 12.8. The Kier molecular flexibility index (Phi) is 3.17. The quantitative estimate of drug-likeness (QED) is 0.408. The number of aromatic nitrogens is 2.